The lowest BCUT2D eigenvalue weighted by Gasteiger charge is -2.06. The van der Waals surface area contributed by atoms with Gasteiger partial charge in [-0.3, -0.25) is 0 Å². The van der Waals surface area contributed by atoms with E-state index < -0.39 is 5.54 Å². The Labute approximate surface area is 99.5 Å². The van der Waals surface area contributed by atoms with Gasteiger partial charge in [0.15, 0.2) is 0 Å². The topological polar surface area (TPSA) is 38.9 Å². The Balaban J connectivity index is 2.18. The zero-order valence-corrected chi connectivity index (χ0v) is 10.3. The number of para-hydroxylation sites is 1. The molecule has 2 aromatic rings. The molecule has 2 N–H and O–H groups in total. The number of rotatable bonds is 1. The van der Waals surface area contributed by atoms with Gasteiger partial charge in [-0.25, -0.2) is 4.98 Å². The van der Waals surface area contributed by atoms with Crippen LogP contribution in [0.2, 0.25) is 0 Å². The quantitative estimate of drug-likeness (QED) is 0.765. The van der Waals surface area contributed by atoms with Crippen LogP contribution >= 0.6 is 11.3 Å². The fraction of sp³-hybridized carbons (Fsp3) is 0.308. The molecule has 1 aromatic carbocycles. The zero-order chi connectivity index (χ0) is 11.6. The van der Waals surface area contributed by atoms with Crippen molar-refractivity contribution in [3.63, 3.8) is 0 Å². The average molecular weight is 230 g/mol. The van der Waals surface area contributed by atoms with E-state index in [9.17, 15) is 0 Å². The van der Waals surface area contributed by atoms with E-state index in [2.05, 4.69) is 22.9 Å². The van der Waals surface area contributed by atoms with Crippen LogP contribution in [0.5, 0.6) is 0 Å². The molecular weight excluding hydrogens is 216 g/mol. The highest BCUT2D eigenvalue weighted by atomic mass is 32.1. The minimum atomic E-state index is -0.420. The van der Waals surface area contributed by atoms with Gasteiger partial charge in [-0.2, -0.15) is 0 Å². The van der Waals surface area contributed by atoms with Gasteiger partial charge in [0.1, 0.15) is 5.01 Å². The molecule has 16 heavy (non-hydrogen) atoms. The molecule has 82 valence electrons. The first kappa shape index (κ1) is 11.1. The molecule has 0 spiro atoms. The molecule has 0 aliphatic heterocycles. The smallest absolute Gasteiger partial charge is 0.106 e. The maximum Gasteiger partial charge on any atom is 0.106 e. The predicted octanol–water partition coefficient (Wildman–Crippen LogP) is 2.58. The van der Waals surface area contributed by atoms with E-state index in [0.717, 1.165) is 10.5 Å². The maximum atomic E-state index is 5.78. The van der Waals surface area contributed by atoms with Crippen LogP contribution in [0.25, 0.3) is 10.2 Å². The SMILES string of the molecule is CC(C)(N)C#CCc1nc2ccccc2s1. The van der Waals surface area contributed by atoms with Gasteiger partial charge >= 0.3 is 0 Å². The number of nitrogens with zero attached hydrogens (tertiary/aromatic N) is 1. The summed E-state index contributed by atoms with van der Waals surface area (Å²) in [6.07, 6.45) is 0.681. The molecule has 0 unspecified atom stereocenters. The Kier molecular flexibility index (Phi) is 2.95. The second-order valence-corrected chi connectivity index (χ2v) is 5.39. The van der Waals surface area contributed by atoms with Crippen molar-refractivity contribution in [3.05, 3.63) is 29.3 Å². The maximum absolute atomic E-state index is 5.78. The Morgan fingerprint density at radius 3 is 2.81 bits per heavy atom. The van der Waals surface area contributed by atoms with Crippen LogP contribution in [0.1, 0.15) is 18.9 Å². The summed E-state index contributed by atoms with van der Waals surface area (Å²) in [4.78, 5) is 4.51. The van der Waals surface area contributed by atoms with E-state index in [0.29, 0.717) is 6.42 Å². The van der Waals surface area contributed by atoms with Crippen molar-refractivity contribution in [3.8, 4) is 11.8 Å². The number of fused-ring (bicyclic) bond motifs is 1. The van der Waals surface area contributed by atoms with Crippen molar-refractivity contribution < 1.29 is 0 Å². The molecule has 0 saturated carbocycles. The highest BCUT2D eigenvalue weighted by molar-refractivity contribution is 7.18. The van der Waals surface area contributed by atoms with Gasteiger partial charge in [-0.15, -0.1) is 11.3 Å². The summed E-state index contributed by atoms with van der Waals surface area (Å²) in [7, 11) is 0. The molecule has 2 rings (SSSR count). The minimum absolute atomic E-state index is 0.420. The van der Waals surface area contributed by atoms with Gasteiger partial charge in [0.25, 0.3) is 0 Å². The molecule has 0 radical (unpaired) electrons. The number of benzene rings is 1. The normalized spacial score (nSPS) is 11.2. The van der Waals surface area contributed by atoms with Gasteiger partial charge in [0.2, 0.25) is 0 Å². The molecule has 3 heteroatoms. The summed E-state index contributed by atoms with van der Waals surface area (Å²) in [5.41, 5.74) is 6.42. The summed E-state index contributed by atoms with van der Waals surface area (Å²) in [5, 5.41) is 1.05. The number of hydrogen-bond donors (Lipinski definition) is 1. The molecule has 0 aliphatic carbocycles. The Hall–Kier alpha value is -1.37. The molecular formula is C13H14N2S. The summed E-state index contributed by atoms with van der Waals surface area (Å²) in [6, 6.07) is 8.13. The lowest BCUT2D eigenvalue weighted by Crippen LogP contribution is -2.29. The van der Waals surface area contributed by atoms with Crippen LogP contribution in [-0.2, 0) is 6.42 Å². The van der Waals surface area contributed by atoms with E-state index in [1.807, 2.05) is 32.0 Å². The summed E-state index contributed by atoms with van der Waals surface area (Å²) in [5.74, 6) is 6.08. The predicted molar refractivity (Wildman–Crippen MR) is 69.4 cm³/mol. The second-order valence-electron chi connectivity index (χ2n) is 4.28. The van der Waals surface area contributed by atoms with Crippen molar-refractivity contribution in [1.29, 1.82) is 0 Å². The molecule has 0 aliphatic rings. The number of hydrogen-bond acceptors (Lipinski definition) is 3. The van der Waals surface area contributed by atoms with Crippen LogP contribution in [0.4, 0.5) is 0 Å². The van der Waals surface area contributed by atoms with E-state index >= 15 is 0 Å². The van der Waals surface area contributed by atoms with Crippen LogP contribution in [0, 0.1) is 11.8 Å². The number of thiazole rings is 1. The van der Waals surface area contributed by atoms with Crippen molar-refractivity contribution in [2.24, 2.45) is 5.73 Å². The van der Waals surface area contributed by atoms with Gasteiger partial charge in [0, 0.05) is 0 Å². The van der Waals surface area contributed by atoms with Crippen LogP contribution in [0.15, 0.2) is 24.3 Å². The lowest BCUT2D eigenvalue weighted by molar-refractivity contribution is 0.680. The first-order valence-electron chi connectivity index (χ1n) is 5.18. The van der Waals surface area contributed by atoms with Crippen molar-refractivity contribution in [2.75, 3.05) is 0 Å². The van der Waals surface area contributed by atoms with E-state index in [-0.39, 0.29) is 0 Å². The van der Waals surface area contributed by atoms with Gasteiger partial charge < -0.3 is 5.73 Å². The third-order valence-corrected chi connectivity index (χ3v) is 3.02. The average Bonchev–Trinajstić information content (AvgIpc) is 2.57. The summed E-state index contributed by atoms with van der Waals surface area (Å²) in [6.45, 7) is 3.80. The van der Waals surface area contributed by atoms with Crippen LogP contribution < -0.4 is 5.73 Å². The van der Waals surface area contributed by atoms with Gasteiger partial charge in [-0.1, -0.05) is 24.0 Å². The lowest BCUT2D eigenvalue weighted by atomic mass is 10.1. The molecule has 0 amide bonds. The number of nitrogens with two attached hydrogens (primary N) is 1. The molecule has 0 fully saturated rings. The van der Waals surface area contributed by atoms with Crippen molar-refractivity contribution >= 4 is 21.6 Å². The summed E-state index contributed by atoms with van der Waals surface area (Å²) < 4.78 is 1.21. The third kappa shape index (κ3) is 2.82. The van der Waals surface area contributed by atoms with Crippen LogP contribution in [-0.4, -0.2) is 10.5 Å². The summed E-state index contributed by atoms with van der Waals surface area (Å²) >= 11 is 1.69. The third-order valence-electron chi connectivity index (χ3n) is 1.99. The molecule has 1 aromatic heterocycles. The Morgan fingerprint density at radius 1 is 1.38 bits per heavy atom. The van der Waals surface area contributed by atoms with Gasteiger partial charge in [0.05, 0.1) is 22.2 Å². The second kappa shape index (κ2) is 4.25. The zero-order valence-electron chi connectivity index (χ0n) is 9.45. The molecule has 0 saturated heterocycles. The molecule has 2 nitrogen and oxygen atoms in total. The van der Waals surface area contributed by atoms with Crippen LogP contribution in [0.3, 0.4) is 0 Å². The Bertz CT molecular complexity index is 519. The first-order valence-corrected chi connectivity index (χ1v) is 6.00. The molecule has 0 atom stereocenters. The number of aromatic nitrogens is 1. The Morgan fingerprint density at radius 2 is 2.12 bits per heavy atom. The van der Waals surface area contributed by atoms with E-state index in [1.165, 1.54) is 4.70 Å². The fourth-order valence-electron chi connectivity index (χ4n) is 1.34. The van der Waals surface area contributed by atoms with Crippen molar-refractivity contribution in [1.82, 2.24) is 4.98 Å². The van der Waals surface area contributed by atoms with E-state index in [1.54, 1.807) is 11.3 Å². The van der Waals surface area contributed by atoms with E-state index in [4.69, 9.17) is 5.73 Å². The largest absolute Gasteiger partial charge is 0.316 e. The van der Waals surface area contributed by atoms with Crippen molar-refractivity contribution in [2.45, 2.75) is 25.8 Å². The minimum Gasteiger partial charge on any atom is -0.316 e. The highest BCUT2D eigenvalue weighted by Gasteiger charge is 2.04. The standard InChI is InChI=1S/C13H14N2S/c1-13(2,14)9-5-8-12-15-10-6-3-4-7-11(10)16-12/h3-4,6-7H,8,14H2,1-2H3. The van der Waals surface area contributed by atoms with Gasteiger partial charge in [-0.05, 0) is 26.0 Å². The first-order chi connectivity index (χ1) is 7.54. The monoisotopic (exact) mass is 230 g/mol. The molecule has 1 heterocycles. The fourth-order valence-corrected chi connectivity index (χ4v) is 2.25. The highest BCUT2D eigenvalue weighted by Crippen LogP contribution is 2.21. The molecule has 0 bridgehead atoms.